The molecule has 1 aromatic carbocycles. The van der Waals surface area contributed by atoms with Crippen LogP contribution in [-0.4, -0.2) is 24.6 Å². The Labute approximate surface area is 171 Å². The van der Waals surface area contributed by atoms with Gasteiger partial charge in [0, 0.05) is 12.7 Å². The molecule has 2 rings (SSSR count). The van der Waals surface area contributed by atoms with Crippen LogP contribution in [0.2, 0.25) is 0 Å². The number of aromatic nitrogens is 1. The summed E-state index contributed by atoms with van der Waals surface area (Å²) in [7, 11) is 1.45. The number of aliphatic imine (C=N–C) groups is 1. The van der Waals surface area contributed by atoms with Gasteiger partial charge in [0.15, 0.2) is 17.5 Å². The molecule has 26 heavy (non-hydrogen) atoms. The highest BCUT2D eigenvalue weighted by Crippen LogP contribution is 2.21. The molecule has 1 aromatic heterocycles. The molecule has 1 unspecified atom stereocenters. The van der Waals surface area contributed by atoms with Crippen LogP contribution in [0.3, 0.4) is 0 Å². The molecular weight excluding hydrogens is 446 g/mol. The molecule has 5 nitrogen and oxygen atoms in total. The van der Waals surface area contributed by atoms with E-state index in [2.05, 4.69) is 20.6 Å². The molecule has 0 saturated heterocycles. The normalized spacial score (nSPS) is 12.1. The van der Waals surface area contributed by atoms with Gasteiger partial charge in [0.25, 0.3) is 0 Å². The quantitative estimate of drug-likeness (QED) is 0.380. The number of nitrogens with zero attached hydrogens (tertiary/aromatic N) is 2. The molecule has 7 heteroatoms. The number of nitrogens with one attached hydrogen (secondary N) is 2. The maximum atomic E-state index is 13.9. The van der Waals surface area contributed by atoms with Crippen LogP contribution in [0, 0.1) is 12.7 Å². The van der Waals surface area contributed by atoms with Gasteiger partial charge in [-0.1, -0.05) is 12.1 Å². The minimum atomic E-state index is -0.375. The second-order valence-corrected chi connectivity index (χ2v) is 5.72. The van der Waals surface area contributed by atoms with Gasteiger partial charge in [-0.15, -0.1) is 24.0 Å². The topological polar surface area (TPSA) is 58.5 Å². The summed E-state index contributed by atoms with van der Waals surface area (Å²) < 4.78 is 18.9. The Balaban J connectivity index is 0.00000338. The summed E-state index contributed by atoms with van der Waals surface area (Å²) in [5, 5.41) is 6.50. The number of hydrogen-bond acceptors (Lipinski definition) is 3. The lowest BCUT2D eigenvalue weighted by Crippen LogP contribution is -2.38. The number of benzene rings is 1. The summed E-state index contributed by atoms with van der Waals surface area (Å²) in [6.07, 6.45) is 1.76. The third kappa shape index (κ3) is 6.12. The van der Waals surface area contributed by atoms with Gasteiger partial charge in [-0.05, 0) is 50.1 Å². The average molecular weight is 472 g/mol. The number of methoxy groups -OCH3 is 1. The van der Waals surface area contributed by atoms with E-state index in [1.165, 1.54) is 13.2 Å². The van der Waals surface area contributed by atoms with Crippen LogP contribution in [0.1, 0.15) is 36.7 Å². The second kappa shape index (κ2) is 10.9. The van der Waals surface area contributed by atoms with E-state index in [1.807, 2.05) is 39.0 Å². The van der Waals surface area contributed by atoms with Gasteiger partial charge in [-0.3, -0.25) is 4.98 Å². The van der Waals surface area contributed by atoms with Crippen LogP contribution in [-0.2, 0) is 6.54 Å². The number of rotatable bonds is 6. The maximum Gasteiger partial charge on any atom is 0.192 e. The standard InChI is InChI=1S/C19H25FN4O.HI/c1-5-21-19(23-12-17-13(2)7-6-10-22-17)24-14(3)15-8-9-18(25-4)16(20)11-15;/h6-11,14H,5,12H2,1-4H3,(H2,21,23,24);1H. The van der Waals surface area contributed by atoms with Crippen LogP contribution in [0.15, 0.2) is 41.5 Å². The van der Waals surface area contributed by atoms with Crippen molar-refractivity contribution in [1.29, 1.82) is 0 Å². The van der Waals surface area contributed by atoms with Gasteiger partial charge in [0.1, 0.15) is 0 Å². The molecule has 2 aromatic rings. The fourth-order valence-electron chi connectivity index (χ4n) is 2.40. The molecule has 0 saturated carbocycles. The van der Waals surface area contributed by atoms with E-state index in [1.54, 1.807) is 12.3 Å². The fourth-order valence-corrected chi connectivity index (χ4v) is 2.40. The first-order chi connectivity index (χ1) is 12.0. The Bertz CT molecular complexity index is 739. The van der Waals surface area contributed by atoms with Crippen molar-refractivity contribution in [3.8, 4) is 5.75 Å². The van der Waals surface area contributed by atoms with Gasteiger partial charge < -0.3 is 15.4 Å². The summed E-state index contributed by atoms with van der Waals surface area (Å²) >= 11 is 0. The van der Waals surface area contributed by atoms with E-state index in [4.69, 9.17) is 4.74 Å². The van der Waals surface area contributed by atoms with E-state index >= 15 is 0 Å². The van der Waals surface area contributed by atoms with Crippen LogP contribution in [0.4, 0.5) is 4.39 Å². The number of aryl methyl sites for hydroxylation is 1. The maximum absolute atomic E-state index is 13.9. The zero-order valence-corrected chi connectivity index (χ0v) is 17.9. The molecule has 2 N–H and O–H groups in total. The summed E-state index contributed by atoms with van der Waals surface area (Å²) in [6.45, 7) is 7.18. The number of hydrogen-bond donors (Lipinski definition) is 2. The van der Waals surface area contributed by atoms with E-state index in [0.29, 0.717) is 12.5 Å². The fraction of sp³-hybridized carbons (Fsp3) is 0.368. The van der Waals surface area contributed by atoms with Gasteiger partial charge >= 0.3 is 0 Å². The SMILES string of the molecule is CCNC(=NCc1ncccc1C)NC(C)c1ccc(OC)c(F)c1.I. The highest BCUT2D eigenvalue weighted by Gasteiger charge is 2.11. The third-order valence-corrected chi connectivity index (χ3v) is 3.88. The number of guanidine groups is 1. The van der Waals surface area contributed by atoms with Crippen LogP contribution < -0.4 is 15.4 Å². The first kappa shape index (κ1) is 22.1. The summed E-state index contributed by atoms with van der Waals surface area (Å²) in [5.74, 6) is 0.526. The Kier molecular flexibility index (Phi) is 9.32. The Morgan fingerprint density at radius 1 is 1.35 bits per heavy atom. The van der Waals surface area contributed by atoms with Gasteiger partial charge in [0.05, 0.1) is 25.4 Å². The Morgan fingerprint density at radius 3 is 2.73 bits per heavy atom. The van der Waals surface area contributed by atoms with Crippen LogP contribution in [0.5, 0.6) is 5.75 Å². The summed E-state index contributed by atoms with van der Waals surface area (Å²) in [6, 6.07) is 8.76. The average Bonchev–Trinajstić information content (AvgIpc) is 2.61. The van der Waals surface area contributed by atoms with Gasteiger partial charge in [0.2, 0.25) is 0 Å². The van der Waals surface area contributed by atoms with E-state index in [9.17, 15) is 4.39 Å². The Hall–Kier alpha value is -1.90. The third-order valence-electron chi connectivity index (χ3n) is 3.88. The monoisotopic (exact) mass is 472 g/mol. The van der Waals surface area contributed by atoms with Gasteiger partial charge in [-0.25, -0.2) is 9.38 Å². The van der Waals surface area contributed by atoms with Gasteiger partial charge in [-0.2, -0.15) is 0 Å². The van der Waals surface area contributed by atoms with Crippen molar-refractivity contribution >= 4 is 29.9 Å². The predicted molar refractivity (Wildman–Crippen MR) is 114 cm³/mol. The molecule has 0 spiro atoms. The zero-order chi connectivity index (χ0) is 18.2. The Morgan fingerprint density at radius 2 is 2.12 bits per heavy atom. The molecule has 1 atom stereocenters. The minimum absolute atomic E-state index is 0. The smallest absolute Gasteiger partial charge is 0.192 e. The van der Waals surface area contributed by atoms with Crippen molar-refractivity contribution in [2.75, 3.05) is 13.7 Å². The first-order valence-corrected chi connectivity index (χ1v) is 8.34. The lowest BCUT2D eigenvalue weighted by molar-refractivity contribution is 0.386. The van der Waals surface area contributed by atoms with E-state index < -0.39 is 0 Å². The summed E-state index contributed by atoms with van der Waals surface area (Å²) in [5.41, 5.74) is 2.85. The first-order valence-electron chi connectivity index (χ1n) is 8.34. The molecule has 0 aliphatic rings. The lowest BCUT2D eigenvalue weighted by Gasteiger charge is -2.18. The number of ether oxygens (including phenoxy) is 1. The van der Waals surface area contributed by atoms with Crippen molar-refractivity contribution < 1.29 is 9.13 Å². The number of halogens is 2. The van der Waals surface area contributed by atoms with Crippen LogP contribution in [0.25, 0.3) is 0 Å². The number of pyridine rings is 1. The van der Waals surface area contributed by atoms with E-state index in [-0.39, 0.29) is 41.6 Å². The molecule has 0 aliphatic carbocycles. The molecular formula is C19H26FIN4O. The largest absolute Gasteiger partial charge is 0.494 e. The molecule has 0 bridgehead atoms. The van der Waals surface area contributed by atoms with Crippen molar-refractivity contribution in [2.24, 2.45) is 4.99 Å². The minimum Gasteiger partial charge on any atom is -0.494 e. The molecule has 0 amide bonds. The van der Waals surface area contributed by atoms with Crippen molar-refractivity contribution in [3.05, 3.63) is 59.2 Å². The molecule has 0 radical (unpaired) electrons. The molecule has 1 heterocycles. The lowest BCUT2D eigenvalue weighted by atomic mass is 10.1. The van der Waals surface area contributed by atoms with Crippen molar-refractivity contribution in [1.82, 2.24) is 15.6 Å². The van der Waals surface area contributed by atoms with E-state index in [0.717, 1.165) is 23.4 Å². The molecule has 142 valence electrons. The highest BCUT2D eigenvalue weighted by atomic mass is 127. The summed E-state index contributed by atoms with van der Waals surface area (Å²) in [4.78, 5) is 8.93. The van der Waals surface area contributed by atoms with Crippen molar-refractivity contribution in [3.63, 3.8) is 0 Å². The highest BCUT2D eigenvalue weighted by molar-refractivity contribution is 14.0. The predicted octanol–water partition coefficient (Wildman–Crippen LogP) is 3.97. The molecule has 0 fully saturated rings. The second-order valence-electron chi connectivity index (χ2n) is 5.72. The zero-order valence-electron chi connectivity index (χ0n) is 15.5. The van der Waals surface area contributed by atoms with Crippen molar-refractivity contribution in [2.45, 2.75) is 33.4 Å². The van der Waals surface area contributed by atoms with Crippen LogP contribution >= 0.6 is 24.0 Å². The molecule has 0 aliphatic heterocycles.